The molecule has 1 aromatic heterocycles. The van der Waals surface area contributed by atoms with E-state index in [0.717, 1.165) is 9.99 Å². The molecule has 0 aliphatic heterocycles. The summed E-state index contributed by atoms with van der Waals surface area (Å²) >= 11 is 0. The van der Waals surface area contributed by atoms with E-state index in [9.17, 15) is 18.0 Å². The van der Waals surface area contributed by atoms with Crippen LogP contribution in [-0.2, 0) is 19.6 Å². The molecule has 0 atom stereocenters. The predicted octanol–water partition coefficient (Wildman–Crippen LogP) is 2.83. The van der Waals surface area contributed by atoms with E-state index in [2.05, 4.69) is 5.32 Å². The van der Waals surface area contributed by atoms with Gasteiger partial charge in [-0.2, -0.15) is 0 Å². The van der Waals surface area contributed by atoms with Gasteiger partial charge in [-0.1, -0.05) is 6.07 Å². The Balaban J connectivity index is 1.61. The molecule has 0 fully saturated rings. The lowest BCUT2D eigenvalue weighted by Gasteiger charge is -2.15. The Morgan fingerprint density at radius 3 is 2.29 bits per heavy atom. The van der Waals surface area contributed by atoms with Gasteiger partial charge < -0.3 is 14.6 Å². The number of esters is 1. The molecule has 0 unspecified atom stereocenters. The number of aryl methyl sites for hydroxylation is 1. The summed E-state index contributed by atoms with van der Waals surface area (Å²) in [5.41, 5.74) is 2.06. The monoisotopic (exact) mass is 441 g/mol. The first-order chi connectivity index (χ1) is 14.7. The van der Waals surface area contributed by atoms with E-state index in [1.54, 1.807) is 43.3 Å². The van der Waals surface area contributed by atoms with Crippen molar-refractivity contribution >= 4 is 27.6 Å². The van der Waals surface area contributed by atoms with Crippen molar-refractivity contribution in [3.05, 3.63) is 78.1 Å². The molecule has 0 aliphatic carbocycles. The van der Waals surface area contributed by atoms with Crippen LogP contribution < -0.4 is 5.32 Å². The summed E-state index contributed by atoms with van der Waals surface area (Å²) in [6.45, 7) is 1.17. The van der Waals surface area contributed by atoms with E-state index in [-0.39, 0.29) is 4.90 Å². The van der Waals surface area contributed by atoms with Gasteiger partial charge in [0.2, 0.25) is 10.0 Å². The Morgan fingerprint density at radius 2 is 1.68 bits per heavy atom. The van der Waals surface area contributed by atoms with Gasteiger partial charge in [0.05, 0.1) is 10.5 Å². The molecule has 9 heteroatoms. The molecule has 0 saturated carbocycles. The van der Waals surface area contributed by atoms with Gasteiger partial charge in [0, 0.05) is 37.9 Å². The number of nitrogens with one attached hydrogen (secondary N) is 1. The molecule has 1 heterocycles. The molecule has 0 saturated heterocycles. The van der Waals surface area contributed by atoms with Gasteiger partial charge in [-0.15, -0.1) is 0 Å². The average molecular weight is 442 g/mol. The summed E-state index contributed by atoms with van der Waals surface area (Å²) in [5, 5.41) is 2.55. The number of ether oxygens (including phenoxy) is 1. The maximum absolute atomic E-state index is 12.4. The molecule has 2 aromatic carbocycles. The highest BCUT2D eigenvalue weighted by molar-refractivity contribution is 7.89. The number of carbonyl (C=O) groups is 2. The Bertz CT molecular complexity index is 1180. The minimum atomic E-state index is -3.65. The number of amides is 1. The Labute approximate surface area is 181 Å². The number of carbonyl (C=O) groups excluding carboxylic acids is 2. The van der Waals surface area contributed by atoms with Crippen LogP contribution in [0.4, 0.5) is 5.69 Å². The maximum atomic E-state index is 12.4. The summed E-state index contributed by atoms with van der Waals surface area (Å²) in [6.07, 6.45) is 3.77. The normalized spacial score (nSPS) is 11.4. The Kier molecular flexibility index (Phi) is 6.57. The SMILES string of the molecule is Cc1ccc(NC(=O)COC(=O)c2ccc(-n3cccc3)cc2)cc1S(=O)(=O)N(C)C. The first-order valence-electron chi connectivity index (χ1n) is 9.42. The number of hydrogen-bond donors (Lipinski definition) is 1. The van der Waals surface area contributed by atoms with Crippen LogP contribution in [0.1, 0.15) is 15.9 Å². The van der Waals surface area contributed by atoms with Crippen LogP contribution in [0.15, 0.2) is 71.9 Å². The summed E-state index contributed by atoms with van der Waals surface area (Å²) in [4.78, 5) is 24.5. The predicted molar refractivity (Wildman–Crippen MR) is 117 cm³/mol. The molecule has 0 bridgehead atoms. The zero-order valence-corrected chi connectivity index (χ0v) is 18.2. The molecule has 0 spiro atoms. The van der Waals surface area contributed by atoms with Gasteiger partial charge >= 0.3 is 5.97 Å². The number of aromatic nitrogens is 1. The van der Waals surface area contributed by atoms with Gasteiger partial charge in [0.1, 0.15) is 0 Å². The average Bonchev–Trinajstić information content (AvgIpc) is 3.28. The molecule has 3 rings (SSSR count). The van der Waals surface area contributed by atoms with Crippen LogP contribution in [0.25, 0.3) is 5.69 Å². The maximum Gasteiger partial charge on any atom is 0.338 e. The largest absolute Gasteiger partial charge is 0.452 e. The first-order valence-corrected chi connectivity index (χ1v) is 10.9. The van der Waals surface area contributed by atoms with Crippen molar-refractivity contribution in [1.82, 2.24) is 8.87 Å². The lowest BCUT2D eigenvalue weighted by molar-refractivity contribution is -0.119. The van der Waals surface area contributed by atoms with E-state index >= 15 is 0 Å². The highest BCUT2D eigenvalue weighted by Crippen LogP contribution is 2.22. The standard InChI is InChI=1S/C22H23N3O5S/c1-16-6-9-18(14-20(16)31(28,29)24(2)3)23-21(26)15-30-22(27)17-7-10-19(11-8-17)25-12-4-5-13-25/h4-14H,15H2,1-3H3,(H,23,26). The number of sulfonamides is 1. The molecule has 1 N–H and O–H groups in total. The van der Waals surface area contributed by atoms with Crippen molar-refractivity contribution < 1.29 is 22.7 Å². The second-order valence-corrected chi connectivity index (χ2v) is 9.15. The van der Waals surface area contributed by atoms with E-state index in [1.807, 2.05) is 29.1 Å². The smallest absolute Gasteiger partial charge is 0.338 e. The molecule has 0 radical (unpaired) electrons. The third-order valence-electron chi connectivity index (χ3n) is 4.57. The van der Waals surface area contributed by atoms with Crippen molar-refractivity contribution in [2.45, 2.75) is 11.8 Å². The van der Waals surface area contributed by atoms with Gasteiger partial charge in [0.25, 0.3) is 5.91 Å². The van der Waals surface area contributed by atoms with Crippen molar-refractivity contribution in [2.75, 3.05) is 26.0 Å². The van der Waals surface area contributed by atoms with Crippen LogP contribution in [-0.4, -0.2) is 49.9 Å². The Morgan fingerprint density at radius 1 is 1.03 bits per heavy atom. The number of hydrogen-bond acceptors (Lipinski definition) is 5. The molecule has 3 aromatic rings. The van der Waals surface area contributed by atoms with E-state index in [0.29, 0.717) is 16.8 Å². The molecular weight excluding hydrogens is 418 g/mol. The summed E-state index contributed by atoms with van der Waals surface area (Å²) in [6, 6.07) is 15.1. The fourth-order valence-electron chi connectivity index (χ4n) is 2.84. The van der Waals surface area contributed by atoms with Gasteiger partial charge in [-0.25, -0.2) is 17.5 Å². The van der Waals surface area contributed by atoms with Crippen molar-refractivity contribution in [2.24, 2.45) is 0 Å². The lowest BCUT2D eigenvalue weighted by Crippen LogP contribution is -2.24. The van der Waals surface area contributed by atoms with E-state index < -0.39 is 28.5 Å². The minimum absolute atomic E-state index is 0.0927. The van der Waals surface area contributed by atoms with Crippen molar-refractivity contribution in [1.29, 1.82) is 0 Å². The fourth-order valence-corrected chi connectivity index (χ4v) is 3.98. The van der Waals surface area contributed by atoms with Crippen molar-refractivity contribution in [3.63, 3.8) is 0 Å². The number of rotatable bonds is 7. The third kappa shape index (κ3) is 5.19. The highest BCUT2D eigenvalue weighted by Gasteiger charge is 2.20. The summed E-state index contributed by atoms with van der Waals surface area (Å²) in [7, 11) is -0.782. The molecule has 1 amide bonds. The number of nitrogens with zero attached hydrogens (tertiary/aromatic N) is 2. The molecule has 0 aliphatic rings. The summed E-state index contributed by atoms with van der Waals surface area (Å²) < 4.78 is 32.9. The third-order valence-corrected chi connectivity index (χ3v) is 6.53. The van der Waals surface area contributed by atoms with E-state index in [4.69, 9.17) is 4.74 Å². The van der Waals surface area contributed by atoms with Crippen LogP contribution in [0.5, 0.6) is 0 Å². The highest BCUT2D eigenvalue weighted by atomic mass is 32.2. The molecule has 31 heavy (non-hydrogen) atoms. The minimum Gasteiger partial charge on any atom is -0.452 e. The van der Waals surface area contributed by atoms with Crippen LogP contribution >= 0.6 is 0 Å². The topological polar surface area (TPSA) is 97.7 Å². The Hall–Kier alpha value is -3.43. The van der Waals surface area contributed by atoms with Gasteiger partial charge in [-0.3, -0.25) is 4.79 Å². The zero-order chi connectivity index (χ0) is 22.6. The fraction of sp³-hybridized carbons (Fsp3) is 0.182. The van der Waals surface area contributed by atoms with Gasteiger partial charge in [-0.05, 0) is 61.0 Å². The molecular formula is C22H23N3O5S. The van der Waals surface area contributed by atoms with Gasteiger partial charge in [0.15, 0.2) is 6.61 Å². The van der Waals surface area contributed by atoms with E-state index in [1.165, 1.54) is 20.2 Å². The second kappa shape index (κ2) is 9.15. The second-order valence-electron chi connectivity index (χ2n) is 7.03. The molecule has 162 valence electrons. The lowest BCUT2D eigenvalue weighted by atomic mass is 10.2. The van der Waals surface area contributed by atoms with Crippen molar-refractivity contribution in [3.8, 4) is 5.69 Å². The zero-order valence-electron chi connectivity index (χ0n) is 17.4. The number of anilines is 1. The first kappa shape index (κ1) is 22.3. The van der Waals surface area contributed by atoms with Crippen LogP contribution in [0.2, 0.25) is 0 Å². The quantitative estimate of drug-likeness (QED) is 0.569. The number of benzene rings is 2. The van der Waals surface area contributed by atoms with Crippen LogP contribution in [0, 0.1) is 6.92 Å². The molecule has 8 nitrogen and oxygen atoms in total. The van der Waals surface area contributed by atoms with Crippen LogP contribution in [0.3, 0.4) is 0 Å². The summed E-state index contributed by atoms with van der Waals surface area (Å²) in [5.74, 6) is -1.21.